The van der Waals surface area contributed by atoms with Gasteiger partial charge in [0.2, 0.25) is 0 Å². The van der Waals surface area contributed by atoms with Gasteiger partial charge in [-0.15, -0.1) is 0 Å². The highest BCUT2D eigenvalue weighted by Gasteiger charge is 2.33. The smallest absolute Gasteiger partial charge is 0.307 e. The number of carboxylic acid groups (broad SMARTS) is 1. The van der Waals surface area contributed by atoms with E-state index < -0.39 is 11.9 Å². The average Bonchev–Trinajstić information content (AvgIpc) is 2.03. The summed E-state index contributed by atoms with van der Waals surface area (Å²) in [5, 5.41) is 8.86. The summed E-state index contributed by atoms with van der Waals surface area (Å²) in [6, 6.07) is 0. The Balaban J connectivity index is 2.83. The molecule has 3 nitrogen and oxygen atoms in total. The Labute approximate surface area is 77.4 Å². The summed E-state index contributed by atoms with van der Waals surface area (Å²) in [7, 11) is 0. The normalized spacial score (nSPS) is 28.0. The molecule has 1 rings (SSSR count). The molecule has 0 fully saturated rings. The Bertz CT molecular complexity index is 265. The standard InChI is InChI=1S/C10H14O3/c1-6-3-4-8(10(12)13)9(5-6)7(2)11/h3,8-9H,4-5H2,1-2H3,(H,12,13)/t8-,9+/m0/s1. The van der Waals surface area contributed by atoms with E-state index >= 15 is 0 Å². The molecule has 1 aliphatic carbocycles. The first-order valence-electron chi connectivity index (χ1n) is 4.41. The van der Waals surface area contributed by atoms with Crippen molar-refractivity contribution in [1.29, 1.82) is 0 Å². The second-order valence-corrected chi connectivity index (χ2v) is 3.65. The lowest BCUT2D eigenvalue weighted by Gasteiger charge is -2.25. The van der Waals surface area contributed by atoms with Crippen LogP contribution in [0.1, 0.15) is 26.7 Å². The first-order chi connectivity index (χ1) is 6.02. The highest BCUT2D eigenvalue weighted by Crippen LogP contribution is 2.30. The second kappa shape index (κ2) is 3.73. The molecule has 72 valence electrons. The fourth-order valence-electron chi connectivity index (χ4n) is 1.76. The van der Waals surface area contributed by atoms with Gasteiger partial charge in [0.25, 0.3) is 0 Å². The minimum Gasteiger partial charge on any atom is -0.481 e. The van der Waals surface area contributed by atoms with Gasteiger partial charge >= 0.3 is 5.97 Å². The lowest BCUT2D eigenvalue weighted by molar-refractivity contribution is -0.146. The van der Waals surface area contributed by atoms with Crippen molar-refractivity contribution in [2.45, 2.75) is 26.7 Å². The van der Waals surface area contributed by atoms with E-state index in [-0.39, 0.29) is 11.7 Å². The van der Waals surface area contributed by atoms with E-state index in [0.29, 0.717) is 12.8 Å². The van der Waals surface area contributed by atoms with Crippen LogP contribution in [0.3, 0.4) is 0 Å². The van der Waals surface area contributed by atoms with Crippen LogP contribution in [0, 0.1) is 11.8 Å². The van der Waals surface area contributed by atoms with E-state index in [2.05, 4.69) is 0 Å². The number of Topliss-reactive ketones (excluding diaryl/α,β-unsaturated/α-hetero) is 1. The molecule has 13 heavy (non-hydrogen) atoms. The van der Waals surface area contributed by atoms with Crippen LogP contribution in [-0.2, 0) is 9.59 Å². The molecule has 0 spiro atoms. The summed E-state index contributed by atoms with van der Waals surface area (Å²) in [6.45, 7) is 3.41. The monoisotopic (exact) mass is 182 g/mol. The number of aliphatic carboxylic acids is 1. The van der Waals surface area contributed by atoms with Crippen molar-refractivity contribution < 1.29 is 14.7 Å². The van der Waals surface area contributed by atoms with Crippen LogP contribution in [-0.4, -0.2) is 16.9 Å². The minimum absolute atomic E-state index is 0.0140. The Morgan fingerprint density at radius 1 is 1.46 bits per heavy atom. The van der Waals surface area contributed by atoms with Gasteiger partial charge in [-0.25, -0.2) is 0 Å². The third-order valence-electron chi connectivity index (χ3n) is 2.59. The Kier molecular flexibility index (Phi) is 2.86. The average molecular weight is 182 g/mol. The highest BCUT2D eigenvalue weighted by molar-refractivity contribution is 5.85. The molecule has 0 unspecified atom stereocenters. The number of carbonyl (C=O) groups excluding carboxylic acids is 1. The first-order valence-corrected chi connectivity index (χ1v) is 4.41. The molecular weight excluding hydrogens is 168 g/mol. The number of carbonyl (C=O) groups is 2. The van der Waals surface area contributed by atoms with E-state index in [4.69, 9.17) is 5.11 Å². The van der Waals surface area contributed by atoms with Crippen molar-refractivity contribution in [2.75, 3.05) is 0 Å². The van der Waals surface area contributed by atoms with Crippen LogP contribution in [0.2, 0.25) is 0 Å². The molecule has 0 saturated heterocycles. The Morgan fingerprint density at radius 2 is 2.08 bits per heavy atom. The zero-order valence-electron chi connectivity index (χ0n) is 7.91. The second-order valence-electron chi connectivity index (χ2n) is 3.65. The van der Waals surface area contributed by atoms with Crippen LogP contribution in [0.5, 0.6) is 0 Å². The molecule has 0 aromatic carbocycles. The number of carboxylic acids is 1. The summed E-state index contributed by atoms with van der Waals surface area (Å²) in [6.07, 6.45) is 3.01. The van der Waals surface area contributed by atoms with Gasteiger partial charge in [-0.05, 0) is 26.7 Å². The number of hydrogen-bond acceptors (Lipinski definition) is 2. The summed E-state index contributed by atoms with van der Waals surface area (Å²) in [5.74, 6) is -1.70. The van der Waals surface area contributed by atoms with Crippen molar-refractivity contribution >= 4 is 11.8 Å². The zero-order valence-corrected chi connectivity index (χ0v) is 7.91. The van der Waals surface area contributed by atoms with Gasteiger partial charge in [0.1, 0.15) is 5.78 Å². The van der Waals surface area contributed by atoms with Crippen LogP contribution in [0.15, 0.2) is 11.6 Å². The van der Waals surface area contributed by atoms with Crippen molar-refractivity contribution in [3.8, 4) is 0 Å². The van der Waals surface area contributed by atoms with E-state index in [1.165, 1.54) is 6.92 Å². The maximum absolute atomic E-state index is 11.2. The van der Waals surface area contributed by atoms with Gasteiger partial charge < -0.3 is 5.11 Å². The van der Waals surface area contributed by atoms with Gasteiger partial charge in [0, 0.05) is 5.92 Å². The molecule has 0 radical (unpaired) electrons. The maximum atomic E-state index is 11.2. The van der Waals surface area contributed by atoms with Crippen molar-refractivity contribution in [1.82, 2.24) is 0 Å². The summed E-state index contributed by atoms with van der Waals surface area (Å²) >= 11 is 0. The fraction of sp³-hybridized carbons (Fsp3) is 0.600. The van der Waals surface area contributed by atoms with Gasteiger partial charge in [-0.1, -0.05) is 11.6 Å². The molecular formula is C10H14O3. The predicted molar refractivity (Wildman–Crippen MR) is 48.3 cm³/mol. The first kappa shape index (κ1) is 9.96. The van der Waals surface area contributed by atoms with E-state index in [1.807, 2.05) is 13.0 Å². The quantitative estimate of drug-likeness (QED) is 0.660. The van der Waals surface area contributed by atoms with Crippen molar-refractivity contribution in [3.05, 3.63) is 11.6 Å². The van der Waals surface area contributed by atoms with Gasteiger partial charge in [-0.2, -0.15) is 0 Å². The van der Waals surface area contributed by atoms with Gasteiger partial charge in [0.05, 0.1) is 5.92 Å². The summed E-state index contributed by atoms with van der Waals surface area (Å²) < 4.78 is 0. The maximum Gasteiger partial charge on any atom is 0.307 e. The Hall–Kier alpha value is -1.12. The molecule has 0 amide bonds. The zero-order chi connectivity index (χ0) is 10.0. The van der Waals surface area contributed by atoms with E-state index in [9.17, 15) is 9.59 Å². The van der Waals surface area contributed by atoms with Crippen LogP contribution in [0.25, 0.3) is 0 Å². The molecule has 1 aliphatic rings. The van der Waals surface area contributed by atoms with Gasteiger partial charge in [0.15, 0.2) is 0 Å². The lowest BCUT2D eigenvalue weighted by atomic mass is 9.78. The SMILES string of the molecule is CC(=O)[C@H]1CC(C)=CC[C@@H]1C(=O)O. The summed E-state index contributed by atoms with van der Waals surface area (Å²) in [5.41, 5.74) is 1.12. The lowest BCUT2D eigenvalue weighted by Crippen LogP contribution is -2.30. The van der Waals surface area contributed by atoms with E-state index in [1.54, 1.807) is 0 Å². The number of rotatable bonds is 2. The third kappa shape index (κ3) is 2.17. The van der Waals surface area contributed by atoms with E-state index in [0.717, 1.165) is 5.57 Å². The molecule has 0 aliphatic heterocycles. The molecule has 1 N–H and O–H groups in total. The van der Waals surface area contributed by atoms with Crippen molar-refractivity contribution in [2.24, 2.45) is 11.8 Å². The fourth-order valence-corrected chi connectivity index (χ4v) is 1.76. The molecule has 0 heterocycles. The molecule has 2 atom stereocenters. The third-order valence-corrected chi connectivity index (χ3v) is 2.59. The number of allylic oxidation sites excluding steroid dienone is 2. The molecule has 0 aromatic heterocycles. The number of hydrogen-bond donors (Lipinski definition) is 1. The van der Waals surface area contributed by atoms with Crippen LogP contribution >= 0.6 is 0 Å². The molecule has 3 heteroatoms. The molecule has 0 saturated carbocycles. The predicted octanol–water partition coefficient (Wildman–Crippen LogP) is 1.63. The molecule has 0 bridgehead atoms. The van der Waals surface area contributed by atoms with Gasteiger partial charge in [-0.3, -0.25) is 9.59 Å². The minimum atomic E-state index is -0.857. The largest absolute Gasteiger partial charge is 0.481 e. The van der Waals surface area contributed by atoms with Crippen LogP contribution in [0.4, 0.5) is 0 Å². The molecule has 0 aromatic rings. The van der Waals surface area contributed by atoms with Crippen LogP contribution < -0.4 is 0 Å². The highest BCUT2D eigenvalue weighted by atomic mass is 16.4. The topological polar surface area (TPSA) is 54.4 Å². The van der Waals surface area contributed by atoms with Crippen molar-refractivity contribution in [3.63, 3.8) is 0 Å². The summed E-state index contributed by atoms with van der Waals surface area (Å²) in [4.78, 5) is 22.0. The Morgan fingerprint density at radius 3 is 2.54 bits per heavy atom. The number of ketones is 1.